The molecule has 176 valence electrons. The van der Waals surface area contributed by atoms with Crippen LogP contribution in [0.5, 0.6) is 0 Å². The van der Waals surface area contributed by atoms with Gasteiger partial charge in [0.1, 0.15) is 5.69 Å². The summed E-state index contributed by atoms with van der Waals surface area (Å²) >= 11 is 7.54. The molecule has 0 saturated carbocycles. The van der Waals surface area contributed by atoms with Gasteiger partial charge >= 0.3 is 0 Å². The third-order valence-electron chi connectivity index (χ3n) is 8.32. The van der Waals surface area contributed by atoms with Crippen LogP contribution in [-0.2, 0) is 9.59 Å². The van der Waals surface area contributed by atoms with E-state index >= 15 is 0 Å². The summed E-state index contributed by atoms with van der Waals surface area (Å²) in [6.07, 6.45) is 5.44. The second kappa shape index (κ2) is 8.18. The van der Waals surface area contributed by atoms with Crippen LogP contribution in [0.2, 0.25) is 4.34 Å². The Balaban J connectivity index is 1.24. The first-order valence-corrected chi connectivity index (χ1v) is 13.3. The number of nitrogens with zero attached hydrogens (tertiary/aromatic N) is 4. The molecule has 2 aromatic heterocycles. The third kappa shape index (κ3) is 3.57. The molecule has 4 aliphatic rings. The fourth-order valence-corrected chi connectivity index (χ4v) is 7.75. The number of quaternary nitrogens is 1. The van der Waals surface area contributed by atoms with Crippen LogP contribution in [0.15, 0.2) is 22.7 Å². The van der Waals surface area contributed by atoms with Crippen LogP contribution in [-0.4, -0.2) is 77.1 Å². The number of hydrogen-bond acceptors (Lipinski definition) is 6. The van der Waals surface area contributed by atoms with Gasteiger partial charge in [0.15, 0.2) is 5.76 Å². The van der Waals surface area contributed by atoms with Crippen molar-refractivity contribution in [1.82, 2.24) is 15.0 Å². The predicted octanol–water partition coefficient (Wildman–Crippen LogP) is 3.81. The summed E-state index contributed by atoms with van der Waals surface area (Å²) in [6, 6.07) is 5.63. The first-order valence-electron chi connectivity index (χ1n) is 12.1. The molecular formula is C24H30ClN4O3S+. The third-order valence-corrected chi connectivity index (χ3v) is 9.56. The Bertz CT molecular complexity index is 1080. The Kier molecular flexibility index (Phi) is 5.40. The van der Waals surface area contributed by atoms with Crippen molar-refractivity contribution >= 4 is 34.8 Å². The average molecular weight is 490 g/mol. The molecule has 0 bridgehead atoms. The van der Waals surface area contributed by atoms with Crippen molar-refractivity contribution in [1.29, 1.82) is 0 Å². The molecule has 4 aliphatic heterocycles. The number of imide groups is 1. The van der Waals surface area contributed by atoms with Gasteiger partial charge < -0.3 is 9.01 Å². The first kappa shape index (κ1) is 21.8. The van der Waals surface area contributed by atoms with Crippen molar-refractivity contribution in [2.24, 2.45) is 11.8 Å². The topological polar surface area (TPSA) is 66.7 Å². The lowest BCUT2D eigenvalue weighted by Crippen LogP contribution is -2.44. The molecule has 4 fully saturated rings. The number of fused-ring (bicyclic) bond motifs is 3. The van der Waals surface area contributed by atoms with Crippen molar-refractivity contribution in [3.8, 4) is 10.6 Å². The molecule has 0 spiro atoms. The maximum Gasteiger partial charge on any atom is 0.235 e. The number of carbonyl (C=O) groups excluding carboxylic acids is 2. The number of hydrogen-bond donors (Lipinski definition) is 0. The van der Waals surface area contributed by atoms with Gasteiger partial charge in [0.2, 0.25) is 11.8 Å². The smallest absolute Gasteiger partial charge is 0.235 e. The fraction of sp³-hybridized carbons (Fsp3) is 0.625. The molecule has 2 aromatic rings. The van der Waals surface area contributed by atoms with Gasteiger partial charge in [-0.1, -0.05) is 16.8 Å². The summed E-state index contributed by atoms with van der Waals surface area (Å²) in [7, 11) is 2.30. The van der Waals surface area contributed by atoms with E-state index in [1.807, 2.05) is 18.2 Å². The lowest BCUT2D eigenvalue weighted by atomic mass is 9.86. The summed E-state index contributed by atoms with van der Waals surface area (Å²) in [6.45, 7) is 4.87. The van der Waals surface area contributed by atoms with E-state index in [0.717, 1.165) is 47.4 Å². The molecule has 0 aliphatic carbocycles. The molecular weight excluding hydrogens is 460 g/mol. The molecule has 0 unspecified atom stereocenters. The molecule has 6 heterocycles. The molecule has 4 atom stereocenters. The SMILES string of the molecule is C[N+]1(CCCN2C(=O)[C@@H]3[C@H](C2=O)[C@H]2CCCN2[C@@H]3c2cc(-c3ccc(Cl)s3)on2)CCCC1. The standard InChI is InChI=1S/C24H30ClN4O3S/c1-29(11-2-3-12-29)13-5-10-28-23(30)20-16-6-4-9-27(16)22(21(20)24(28)31)15-14-17(32-26-15)18-7-8-19(25)33-18/h7-8,14,16,20-22H,2-6,9-13H2,1H3/q+1/t16-,20-,21-,22-/m1/s1. The predicted molar refractivity (Wildman–Crippen MR) is 126 cm³/mol. The van der Waals surface area contributed by atoms with Crippen LogP contribution in [0.1, 0.15) is 43.8 Å². The Morgan fingerprint density at radius 3 is 2.73 bits per heavy atom. The van der Waals surface area contributed by atoms with Crippen molar-refractivity contribution in [2.45, 2.75) is 44.2 Å². The van der Waals surface area contributed by atoms with Crippen LogP contribution >= 0.6 is 22.9 Å². The lowest BCUT2D eigenvalue weighted by molar-refractivity contribution is -0.897. The van der Waals surface area contributed by atoms with Crippen LogP contribution in [0.25, 0.3) is 10.6 Å². The number of likely N-dealkylation sites (tertiary alicyclic amines) is 2. The van der Waals surface area contributed by atoms with Gasteiger partial charge in [0.25, 0.3) is 0 Å². The van der Waals surface area contributed by atoms with E-state index in [1.54, 1.807) is 4.90 Å². The van der Waals surface area contributed by atoms with E-state index in [9.17, 15) is 9.59 Å². The quantitative estimate of drug-likeness (QED) is 0.456. The van der Waals surface area contributed by atoms with Gasteiger partial charge in [-0.2, -0.15) is 0 Å². The van der Waals surface area contributed by atoms with E-state index < -0.39 is 0 Å². The van der Waals surface area contributed by atoms with Gasteiger partial charge in [-0.05, 0) is 31.5 Å². The van der Waals surface area contributed by atoms with Crippen molar-refractivity contribution in [3.63, 3.8) is 0 Å². The monoisotopic (exact) mass is 489 g/mol. The molecule has 33 heavy (non-hydrogen) atoms. The zero-order valence-electron chi connectivity index (χ0n) is 18.9. The zero-order valence-corrected chi connectivity index (χ0v) is 20.5. The highest BCUT2D eigenvalue weighted by atomic mass is 35.5. The number of halogens is 1. The van der Waals surface area contributed by atoms with Gasteiger partial charge in [0, 0.05) is 37.9 Å². The van der Waals surface area contributed by atoms with Gasteiger partial charge in [-0.25, -0.2) is 0 Å². The Morgan fingerprint density at radius 1 is 1.18 bits per heavy atom. The first-order chi connectivity index (χ1) is 16.0. The summed E-state index contributed by atoms with van der Waals surface area (Å²) in [4.78, 5) is 31.9. The summed E-state index contributed by atoms with van der Waals surface area (Å²) < 4.78 is 7.42. The summed E-state index contributed by atoms with van der Waals surface area (Å²) in [5.74, 6) is 0.0684. The minimum Gasteiger partial charge on any atom is -0.355 e. The fourth-order valence-electron chi connectivity index (χ4n) is 6.76. The summed E-state index contributed by atoms with van der Waals surface area (Å²) in [5.41, 5.74) is 0.757. The lowest BCUT2D eigenvalue weighted by Gasteiger charge is -2.30. The largest absolute Gasteiger partial charge is 0.355 e. The van der Waals surface area contributed by atoms with Gasteiger partial charge in [0.05, 0.1) is 53.8 Å². The number of thiophene rings is 1. The van der Waals surface area contributed by atoms with Crippen molar-refractivity contribution in [3.05, 3.63) is 28.2 Å². The number of carbonyl (C=O) groups is 2. The number of rotatable bonds is 6. The summed E-state index contributed by atoms with van der Waals surface area (Å²) in [5, 5.41) is 4.38. The highest BCUT2D eigenvalue weighted by Crippen LogP contribution is 2.53. The van der Waals surface area contributed by atoms with E-state index in [1.165, 1.54) is 37.3 Å². The van der Waals surface area contributed by atoms with Gasteiger partial charge in [-0.3, -0.25) is 19.4 Å². The van der Waals surface area contributed by atoms with Crippen molar-refractivity contribution < 1.29 is 18.6 Å². The highest BCUT2D eigenvalue weighted by Gasteiger charge is 2.63. The molecule has 4 saturated heterocycles. The minimum atomic E-state index is -0.357. The van der Waals surface area contributed by atoms with Crippen LogP contribution < -0.4 is 0 Å². The van der Waals surface area contributed by atoms with Crippen LogP contribution in [0, 0.1) is 11.8 Å². The number of amides is 2. The maximum absolute atomic E-state index is 13.6. The average Bonchev–Trinajstić information content (AvgIpc) is 3.59. The van der Waals surface area contributed by atoms with Crippen LogP contribution in [0.4, 0.5) is 0 Å². The van der Waals surface area contributed by atoms with E-state index in [-0.39, 0.29) is 35.7 Å². The van der Waals surface area contributed by atoms with E-state index in [4.69, 9.17) is 16.1 Å². The second-order valence-electron chi connectivity index (χ2n) is 10.3. The Morgan fingerprint density at radius 2 is 1.97 bits per heavy atom. The number of aromatic nitrogens is 1. The minimum absolute atomic E-state index is 0.0165. The maximum atomic E-state index is 13.6. The zero-order chi connectivity index (χ0) is 22.7. The molecule has 7 nitrogen and oxygen atoms in total. The molecule has 0 radical (unpaired) electrons. The normalized spacial score (nSPS) is 31.0. The Hall–Kier alpha value is -1.74. The second-order valence-corrected chi connectivity index (χ2v) is 12.1. The molecule has 2 amide bonds. The molecule has 0 aromatic carbocycles. The van der Waals surface area contributed by atoms with Crippen LogP contribution in [0.3, 0.4) is 0 Å². The van der Waals surface area contributed by atoms with E-state index in [0.29, 0.717) is 16.6 Å². The van der Waals surface area contributed by atoms with E-state index in [2.05, 4.69) is 17.1 Å². The molecule has 6 rings (SSSR count). The molecule has 0 N–H and O–H groups in total. The van der Waals surface area contributed by atoms with Crippen molar-refractivity contribution in [2.75, 3.05) is 39.8 Å². The van der Waals surface area contributed by atoms with Gasteiger partial charge in [-0.15, -0.1) is 11.3 Å². The Labute approximate surface area is 202 Å². The molecule has 9 heteroatoms. The highest BCUT2D eigenvalue weighted by molar-refractivity contribution is 7.19.